The van der Waals surface area contributed by atoms with Gasteiger partial charge in [-0.05, 0) is 37.0 Å². The molecule has 0 radical (unpaired) electrons. The smallest absolute Gasteiger partial charge is 0.0897 e. The molecule has 21 heavy (non-hydrogen) atoms. The molecular formula is C16H21N3OS. The predicted molar refractivity (Wildman–Crippen MR) is 84.2 cm³/mol. The summed E-state index contributed by atoms with van der Waals surface area (Å²) in [5.74, 6) is 0. The van der Waals surface area contributed by atoms with Crippen LogP contribution in [0.1, 0.15) is 34.3 Å². The molecule has 3 rings (SSSR count). The zero-order chi connectivity index (χ0) is 14.7. The summed E-state index contributed by atoms with van der Waals surface area (Å²) in [5.41, 5.74) is 5.20. The molecule has 0 atom stereocenters. The van der Waals surface area contributed by atoms with Crippen molar-refractivity contribution in [1.29, 1.82) is 0 Å². The van der Waals surface area contributed by atoms with E-state index < -0.39 is 0 Å². The van der Waals surface area contributed by atoms with Gasteiger partial charge < -0.3 is 4.74 Å². The normalized spacial score (nSPS) is 15.1. The van der Waals surface area contributed by atoms with Gasteiger partial charge in [-0.15, -0.1) is 11.3 Å². The van der Waals surface area contributed by atoms with Gasteiger partial charge in [0.05, 0.1) is 17.3 Å². The number of nitrogens with zero attached hydrogens (tertiary/aromatic N) is 3. The highest BCUT2D eigenvalue weighted by atomic mass is 32.1. The van der Waals surface area contributed by atoms with E-state index >= 15 is 0 Å². The third kappa shape index (κ3) is 3.48. The van der Waals surface area contributed by atoms with Gasteiger partial charge in [-0.2, -0.15) is 0 Å². The van der Waals surface area contributed by atoms with Crippen molar-refractivity contribution in [2.75, 3.05) is 13.2 Å². The van der Waals surface area contributed by atoms with Gasteiger partial charge in [-0.3, -0.25) is 9.88 Å². The first-order chi connectivity index (χ1) is 10.3. The zero-order valence-corrected chi connectivity index (χ0v) is 13.4. The fourth-order valence-electron chi connectivity index (χ4n) is 2.81. The van der Waals surface area contributed by atoms with E-state index in [-0.39, 0.29) is 0 Å². The van der Waals surface area contributed by atoms with Crippen molar-refractivity contribution in [1.82, 2.24) is 14.9 Å². The van der Waals surface area contributed by atoms with Crippen LogP contribution >= 0.6 is 11.3 Å². The topological polar surface area (TPSA) is 38.2 Å². The van der Waals surface area contributed by atoms with Gasteiger partial charge in [0.25, 0.3) is 0 Å². The average molecular weight is 303 g/mol. The lowest BCUT2D eigenvalue weighted by molar-refractivity contribution is 0.132. The Hall–Kier alpha value is -1.30. The number of pyridine rings is 1. The molecule has 0 spiro atoms. The Morgan fingerprint density at radius 2 is 2.29 bits per heavy atom. The average Bonchev–Trinajstić information content (AvgIpc) is 2.90. The van der Waals surface area contributed by atoms with Crippen molar-refractivity contribution < 1.29 is 4.74 Å². The molecule has 0 saturated heterocycles. The molecule has 112 valence electrons. The maximum absolute atomic E-state index is 5.55. The summed E-state index contributed by atoms with van der Waals surface area (Å²) < 4.78 is 5.55. The highest BCUT2D eigenvalue weighted by molar-refractivity contribution is 7.09. The molecule has 0 saturated carbocycles. The molecule has 1 aliphatic heterocycles. The van der Waals surface area contributed by atoms with Crippen molar-refractivity contribution in [3.05, 3.63) is 45.2 Å². The minimum Gasteiger partial charge on any atom is -0.377 e. The lowest BCUT2D eigenvalue weighted by Gasteiger charge is -2.29. The fraction of sp³-hybridized carbons (Fsp3) is 0.500. The first-order valence-electron chi connectivity index (χ1n) is 7.42. The first kappa shape index (κ1) is 14.6. The van der Waals surface area contributed by atoms with Crippen molar-refractivity contribution in [2.24, 2.45) is 0 Å². The van der Waals surface area contributed by atoms with Gasteiger partial charge in [-0.1, -0.05) is 0 Å². The predicted octanol–water partition coefficient (Wildman–Crippen LogP) is 2.94. The van der Waals surface area contributed by atoms with Gasteiger partial charge in [0.2, 0.25) is 0 Å². The van der Waals surface area contributed by atoms with Crippen molar-refractivity contribution in [3.63, 3.8) is 0 Å². The number of aryl methyl sites for hydroxylation is 1. The van der Waals surface area contributed by atoms with Gasteiger partial charge in [0.1, 0.15) is 0 Å². The molecule has 0 aromatic carbocycles. The van der Waals surface area contributed by atoms with Crippen LogP contribution in [0, 0.1) is 6.92 Å². The molecule has 0 unspecified atom stereocenters. The largest absolute Gasteiger partial charge is 0.377 e. The molecular weight excluding hydrogens is 282 g/mol. The van der Waals surface area contributed by atoms with Crippen LogP contribution in [0.2, 0.25) is 0 Å². The quantitative estimate of drug-likeness (QED) is 0.851. The van der Waals surface area contributed by atoms with E-state index in [4.69, 9.17) is 4.74 Å². The Labute approximate surface area is 129 Å². The van der Waals surface area contributed by atoms with E-state index in [1.54, 1.807) is 11.3 Å². The van der Waals surface area contributed by atoms with Crippen LogP contribution < -0.4 is 0 Å². The summed E-state index contributed by atoms with van der Waals surface area (Å²) in [7, 11) is 0. The van der Waals surface area contributed by atoms with Crippen LogP contribution in [0.3, 0.4) is 0 Å². The maximum atomic E-state index is 5.55. The molecule has 2 aromatic rings. The molecule has 0 bridgehead atoms. The Morgan fingerprint density at radius 1 is 1.38 bits per heavy atom. The van der Waals surface area contributed by atoms with Crippen molar-refractivity contribution >= 4 is 11.3 Å². The molecule has 0 fully saturated rings. The zero-order valence-electron chi connectivity index (χ0n) is 12.6. The summed E-state index contributed by atoms with van der Waals surface area (Å²) in [4.78, 5) is 11.4. The Kier molecular flexibility index (Phi) is 4.63. The van der Waals surface area contributed by atoms with Crippen LogP contribution in [-0.4, -0.2) is 28.0 Å². The lowest BCUT2D eigenvalue weighted by atomic mass is 9.97. The molecule has 2 aromatic heterocycles. The molecule has 5 heteroatoms. The van der Waals surface area contributed by atoms with Crippen LogP contribution in [0.15, 0.2) is 17.8 Å². The third-order valence-corrected chi connectivity index (χ3v) is 4.64. The third-order valence-electron chi connectivity index (χ3n) is 3.82. The van der Waals surface area contributed by atoms with Crippen LogP contribution in [0.4, 0.5) is 0 Å². The number of hydrogen-bond donors (Lipinski definition) is 0. The monoisotopic (exact) mass is 303 g/mol. The fourth-order valence-corrected chi connectivity index (χ4v) is 3.41. The Balaban J connectivity index is 1.70. The second-order valence-corrected chi connectivity index (χ2v) is 6.45. The lowest BCUT2D eigenvalue weighted by Crippen LogP contribution is -2.31. The number of aromatic nitrogens is 2. The van der Waals surface area contributed by atoms with E-state index in [1.165, 1.54) is 22.4 Å². The van der Waals surface area contributed by atoms with Gasteiger partial charge in [0.15, 0.2) is 0 Å². The number of hydrogen-bond acceptors (Lipinski definition) is 5. The number of thiazole rings is 1. The SMILES string of the molecule is CCOCc1cncc2c1CCN(Cc1csc(C)n1)C2. The van der Waals surface area contributed by atoms with Gasteiger partial charge in [-0.25, -0.2) is 4.98 Å². The minimum atomic E-state index is 0.679. The van der Waals surface area contributed by atoms with E-state index in [0.29, 0.717) is 6.61 Å². The highest BCUT2D eigenvalue weighted by Crippen LogP contribution is 2.23. The van der Waals surface area contributed by atoms with Crippen molar-refractivity contribution in [2.45, 2.75) is 40.0 Å². The standard InChI is InChI=1S/C16H21N3OS/c1-3-20-10-14-7-17-6-13-8-19(5-4-16(13)14)9-15-11-21-12(2)18-15/h6-7,11H,3-5,8-10H2,1-2H3. The van der Waals surface area contributed by atoms with Crippen molar-refractivity contribution in [3.8, 4) is 0 Å². The molecule has 4 nitrogen and oxygen atoms in total. The van der Waals surface area contributed by atoms with Gasteiger partial charge >= 0.3 is 0 Å². The molecule has 3 heterocycles. The summed E-state index contributed by atoms with van der Waals surface area (Å²) in [6.07, 6.45) is 5.03. The molecule has 0 N–H and O–H groups in total. The van der Waals surface area contributed by atoms with Gasteiger partial charge in [0, 0.05) is 44.0 Å². The molecule has 0 amide bonds. The van der Waals surface area contributed by atoms with E-state index in [0.717, 1.165) is 37.7 Å². The number of fused-ring (bicyclic) bond motifs is 1. The van der Waals surface area contributed by atoms with Crippen LogP contribution in [0.25, 0.3) is 0 Å². The number of ether oxygens (including phenoxy) is 1. The Bertz CT molecular complexity index is 611. The second-order valence-electron chi connectivity index (χ2n) is 5.39. The minimum absolute atomic E-state index is 0.679. The summed E-state index contributed by atoms with van der Waals surface area (Å²) in [6, 6.07) is 0. The van der Waals surface area contributed by atoms with Crippen LogP contribution in [0.5, 0.6) is 0 Å². The number of rotatable bonds is 5. The second kappa shape index (κ2) is 6.64. The summed E-state index contributed by atoms with van der Waals surface area (Å²) in [5, 5.41) is 3.30. The summed E-state index contributed by atoms with van der Waals surface area (Å²) >= 11 is 1.72. The van der Waals surface area contributed by atoms with E-state index in [2.05, 4.69) is 27.2 Å². The molecule has 1 aliphatic rings. The van der Waals surface area contributed by atoms with E-state index in [1.807, 2.05) is 19.3 Å². The summed E-state index contributed by atoms with van der Waals surface area (Å²) in [6.45, 7) is 8.48. The molecule has 0 aliphatic carbocycles. The van der Waals surface area contributed by atoms with E-state index in [9.17, 15) is 0 Å². The first-order valence-corrected chi connectivity index (χ1v) is 8.30. The maximum Gasteiger partial charge on any atom is 0.0897 e. The Morgan fingerprint density at radius 3 is 3.05 bits per heavy atom. The highest BCUT2D eigenvalue weighted by Gasteiger charge is 2.19. The van der Waals surface area contributed by atoms with Crippen LogP contribution in [-0.2, 0) is 30.9 Å².